The van der Waals surface area contributed by atoms with Crippen LogP contribution in [0.2, 0.25) is 0 Å². The van der Waals surface area contributed by atoms with E-state index in [1.54, 1.807) is 12.3 Å². The summed E-state index contributed by atoms with van der Waals surface area (Å²) in [5.74, 6) is 0.0544. The third-order valence-electron chi connectivity index (χ3n) is 4.98. The average Bonchev–Trinajstić information content (AvgIpc) is 3.21. The molecule has 0 amide bonds. The summed E-state index contributed by atoms with van der Waals surface area (Å²) in [6.07, 6.45) is 5.48. The number of fused-ring (bicyclic) bond motifs is 1. The van der Waals surface area contributed by atoms with Gasteiger partial charge in [-0.15, -0.1) is 0 Å². The van der Waals surface area contributed by atoms with Crippen LogP contribution in [0.5, 0.6) is 5.88 Å². The number of hydrogen-bond acceptors (Lipinski definition) is 5. The number of nitrogens with zero attached hydrogens (tertiary/aromatic N) is 4. The molecule has 2 aromatic rings. The number of rotatable bonds is 5. The molecule has 4 rings (SSSR count). The maximum Gasteiger partial charge on any atom is 0.250 e. The lowest BCUT2D eigenvalue weighted by molar-refractivity contribution is 0.0862. The third-order valence-corrected chi connectivity index (χ3v) is 4.98. The first kappa shape index (κ1) is 15.5. The second kappa shape index (κ2) is 6.14. The van der Waals surface area contributed by atoms with Gasteiger partial charge in [-0.2, -0.15) is 5.10 Å². The van der Waals surface area contributed by atoms with Crippen molar-refractivity contribution in [2.24, 2.45) is 18.4 Å². The van der Waals surface area contributed by atoms with E-state index in [-0.39, 0.29) is 11.3 Å². The maximum atomic E-state index is 13.7. The zero-order valence-corrected chi connectivity index (χ0v) is 13.7. The summed E-state index contributed by atoms with van der Waals surface area (Å²) in [5, 5.41) is 4.22. The molecule has 0 bridgehead atoms. The Labute approximate surface area is 140 Å². The van der Waals surface area contributed by atoms with Gasteiger partial charge in [0.05, 0.1) is 26.0 Å². The molecule has 2 saturated heterocycles. The molecule has 2 aromatic heterocycles. The minimum atomic E-state index is -0.422. The number of pyridine rings is 1. The van der Waals surface area contributed by atoms with Crippen molar-refractivity contribution in [3.8, 4) is 5.88 Å². The van der Waals surface area contributed by atoms with Crippen LogP contribution < -0.4 is 4.74 Å². The Morgan fingerprint density at radius 2 is 2.42 bits per heavy atom. The molecule has 6 nitrogen and oxygen atoms in total. The highest BCUT2D eigenvalue weighted by molar-refractivity contribution is 5.14. The van der Waals surface area contributed by atoms with Crippen molar-refractivity contribution in [3.63, 3.8) is 0 Å². The molecule has 0 aromatic carbocycles. The maximum absolute atomic E-state index is 13.7. The van der Waals surface area contributed by atoms with Crippen LogP contribution in [0.3, 0.4) is 0 Å². The van der Waals surface area contributed by atoms with Gasteiger partial charge >= 0.3 is 0 Å². The van der Waals surface area contributed by atoms with Gasteiger partial charge in [0.2, 0.25) is 5.88 Å². The number of aromatic nitrogens is 3. The quantitative estimate of drug-likeness (QED) is 0.830. The summed E-state index contributed by atoms with van der Waals surface area (Å²) in [4.78, 5) is 6.38. The first-order valence-electron chi connectivity index (χ1n) is 8.16. The Morgan fingerprint density at radius 3 is 3.21 bits per heavy atom. The molecule has 2 aliphatic heterocycles. The van der Waals surface area contributed by atoms with Crippen LogP contribution in [0, 0.1) is 17.2 Å². The molecular weight excluding hydrogens is 311 g/mol. The van der Waals surface area contributed by atoms with Gasteiger partial charge in [-0.25, -0.2) is 9.37 Å². The molecule has 0 aliphatic carbocycles. The molecular formula is C17H21FN4O2. The first-order valence-corrected chi connectivity index (χ1v) is 8.16. The van der Waals surface area contributed by atoms with Gasteiger partial charge in [0.1, 0.15) is 0 Å². The molecule has 4 heterocycles. The molecule has 0 spiro atoms. The van der Waals surface area contributed by atoms with Gasteiger partial charge in [-0.3, -0.25) is 9.58 Å². The van der Waals surface area contributed by atoms with Gasteiger partial charge in [0.25, 0.3) is 0 Å². The SMILES string of the molecule is Cn1cc(CN2C[C@H]3COC[C@@]3(COc3ncccc3F)C2)cn1. The summed E-state index contributed by atoms with van der Waals surface area (Å²) in [6, 6.07) is 2.93. The van der Waals surface area contributed by atoms with Crippen molar-refractivity contribution in [2.75, 3.05) is 32.9 Å². The van der Waals surface area contributed by atoms with E-state index in [0.717, 1.165) is 26.2 Å². The van der Waals surface area contributed by atoms with E-state index in [4.69, 9.17) is 9.47 Å². The van der Waals surface area contributed by atoms with Crippen LogP contribution in [0.15, 0.2) is 30.7 Å². The van der Waals surface area contributed by atoms with Crippen molar-refractivity contribution in [3.05, 3.63) is 42.1 Å². The van der Waals surface area contributed by atoms with Crippen LogP contribution in [0.1, 0.15) is 5.56 Å². The Morgan fingerprint density at radius 1 is 1.50 bits per heavy atom. The molecule has 0 saturated carbocycles. The lowest BCUT2D eigenvalue weighted by Gasteiger charge is -2.27. The van der Waals surface area contributed by atoms with Crippen LogP contribution in [-0.2, 0) is 18.3 Å². The normalized spacial score (nSPS) is 26.7. The summed E-state index contributed by atoms with van der Waals surface area (Å²) in [6.45, 7) is 4.51. The van der Waals surface area contributed by atoms with E-state index in [1.807, 2.05) is 24.1 Å². The fraction of sp³-hybridized carbons (Fsp3) is 0.529. The monoisotopic (exact) mass is 332 g/mol. The van der Waals surface area contributed by atoms with Crippen LogP contribution >= 0.6 is 0 Å². The van der Waals surface area contributed by atoms with Crippen molar-refractivity contribution < 1.29 is 13.9 Å². The van der Waals surface area contributed by atoms with E-state index < -0.39 is 5.82 Å². The smallest absolute Gasteiger partial charge is 0.250 e. The zero-order chi connectivity index (χ0) is 16.6. The number of likely N-dealkylation sites (tertiary alicyclic amines) is 1. The highest BCUT2D eigenvalue weighted by Gasteiger charge is 2.51. The lowest BCUT2D eigenvalue weighted by Crippen LogP contribution is -2.37. The minimum Gasteiger partial charge on any atom is -0.475 e. The van der Waals surface area contributed by atoms with Crippen molar-refractivity contribution in [1.29, 1.82) is 0 Å². The molecule has 2 aliphatic rings. The molecule has 2 fully saturated rings. The standard InChI is InChI=1S/C17H21FN4O2/c1-21-6-13(5-20-21)7-22-8-14-9-23-11-17(14,10-22)12-24-16-15(18)3-2-4-19-16/h2-6,14H,7-12H2,1H3/t14-,17+/m0/s1. The van der Waals surface area contributed by atoms with E-state index in [9.17, 15) is 4.39 Å². The van der Waals surface area contributed by atoms with Crippen LogP contribution in [0.25, 0.3) is 0 Å². The van der Waals surface area contributed by atoms with Gasteiger partial charge < -0.3 is 9.47 Å². The second-order valence-corrected chi connectivity index (χ2v) is 6.85. The highest BCUT2D eigenvalue weighted by atomic mass is 19.1. The molecule has 0 unspecified atom stereocenters. The largest absolute Gasteiger partial charge is 0.475 e. The number of ether oxygens (including phenoxy) is 2. The number of halogens is 1. The Hall–Kier alpha value is -1.99. The molecule has 0 N–H and O–H groups in total. The first-order chi connectivity index (χ1) is 11.6. The van der Waals surface area contributed by atoms with E-state index >= 15 is 0 Å². The fourth-order valence-corrected chi connectivity index (χ4v) is 3.77. The molecule has 0 radical (unpaired) electrons. The lowest BCUT2D eigenvalue weighted by atomic mass is 9.82. The Kier molecular flexibility index (Phi) is 3.97. The molecule has 128 valence electrons. The predicted molar refractivity (Wildman–Crippen MR) is 84.9 cm³/mol. The van der Waals surface area contributed by atoms with Crippen molar-refractivity contribution in [1.82, 2.24) is 19.7 Å². The fourth-order valence-electron chi connectivity index (χ4n) is 3.77. The molecule has 7 heteroatoms. The average molecular weight is 332 g/mol. The topological polar surface area (TPSA) is 52.4 Å². The van der Waals surface area contributed by atoms with E-state index in [0.29, 0.717) is 19.1 Å². The van der Waals surface area contributed by atoms with E-state index in [2.05, 4.69) is 15.0 Å². The zero-order valence-electron chi connectivity index (χ0n) is 13.7. The summed E-state index contributed by atoms with van der Waals surface area (Å²) in [5.41, 5.74) is 1.11. The van der Waals surface area contributed by atoms with Crippen LogP contribution in [0.4, 0.5) is 4.39 Å². The molecule has 2 atom stereocenters. The van der Waals surface area contributed by atoms with E-state index in [1.165, 1.54) is 11.6 Å². The third kappa shape index (κ3) is 2.89. The summed E-state index contributed by atoms with van der Waals surface area (Å²) >= 11 is 0. The number of aryl methyl sites for hydroxylation is 1. The van der Waals surface area contributed by atoms with Gasteiger partial charge in [0.15, 0.2) is 5.82 Å². The Bertz CT molecular complexity index is 722. The number of hydrogen-bond donors (Lipinski definition) is 0. The van der Waals surface area contributed by atoms with Crippen molar-refractivity contribution in [2.45, 2.75) is 6.54 Å². The highest BCUT2D eigenvalue weighted by Crippen LogP contribution is 2.42. The van der Waals surface area contributed by atoms with Gasteiger partial charge in [0, 0.05) is 56.0 Å². The minimum absolute atomic E-state index is 0.0724. The van der Waals surface area contributed by atoms with Gasteiger partial charge in [-0.05, 0) is 12.1 Å². The Balaban J connectivity index is 1.44. The van der Waals surface area contributed by atoms with Crippen LogP contribution in [-0.4, -0.2) is 52.6 Å². The van der Waals surface area contributed by atoms with Crippen molar-refractivity contribution >= 4 is 0 Å². The summed E-state index contributed by atoms with van der Waals surface area (Å²) in [7, 11) is 1.92. The second-order valence-electron chi connectivity index (χ2n) is 6.85. The molecule has 24 heavy (non-hydrogen) atoms. The predicted octanol–water partition coefficient (Wildman–Crippen LogP) is 1.48. The summed E-state index contributed by atoms with van der Waals surface area (Å²) < 4.78 is 27.0. The van der Waals surface area contributed by atoms with Gasteiger partial charge in [-0.1, -0.05) is 0 Å².